The summed E-state index contributed by atoms with van der Waals surface area (Å²) in [4.78, 5) is 27.5. The van der Waals surface area contributed by atoms with Crippen LogP contribution in [-0.2, 0) is 0 Å². The Balaban J connectivity index is 1.99. The molecule has 1 amide bonds. The van der Waals surface area contributed by atoms with E-state index in [-0.39, 0.29) is 11.0 Å². The zero-order chi connectivity index (χ0) is 14.8. The monoisotopic (exact) mass is 298 g/mol. The molecule has 0 bridgehead atoms. The van der Waals surface area contributed by atoms with E-state index in [1.807, 2.05) is 6.07 Å². The molecule has 0 aliphatic rings. The highest BCUT2D eigenvalue weighted by molar-refractivity contribution is 6.31. The lowest BCUT2D eigenvalue weighted by atomic mass is 10.1. The van der Waals surface area contributed by atoms with E-state index in [1.165, 1.54) is 6.20 Å². The molecule has 0 radical (unpaired) electrons. The zero-order valence-corrected chi connectivity index (χ0v) is 11.6. The fraction of sp³-hybridized carbons (Fsp3) is 0. The number of benzene rings is 2. The minimum Gasteiger partial charge on any atom is -0.360 e. The van der Waals surface area contributed by atoms with Crippen molar-refractivity contribution in [3.05, 3.63) is 75.5 Å². The molecule has 0 fully saturated rings. The van der Waals surface area contributed by atoms with Gasteiger partial charge >= 0.3 is 0 Å². The molecule has 1 aromatic heterocycles. The molecule has 21 heavy (non-hydrogen) atoms. The number of aromatic nitrogens is 1. The van der Waals surface area contributed by atoms with Crippen molar-refractivity contribution in [2.24, 2.45) is 0 Å². The standard InChI is InChI=1S/C16H11ClN2O2/c17-10-4-3-5-11(8-10)19-16(21)13-9-18-14-7-2-1-6-12(14)15(13)20/h1-9H,(H,18,20)(H,19,21). The first-order chi connectivity index (χ1) is 10.1. The number of hydrogen-bond acceptors (Lipinski definition) is 2. The molecule has 2 N–H and O–H groups in total. The van der Waals surface area contributed by atoms with E-state index >= 15 is 0 Å². The van der Waals surface area contributed by atoms with Crippen molar-refractivity contribution < 1.29 is 4.79 Å². The predicted molar refractivity (Wildman–Crippen MR) is 84.0 cm³/mol. The second-order valence-corrected chi connectivity index (χ2v) is 4.98. The molecule has 0 saturated heterocycles. The van der Waals surface area contributed by atoms with Crippen molar-refractivity contribution in [2.75, 3.05) is 5.32 Å². The Bertz CT molecular complexity index is 887. The third-order valence-electron chi connectivity index (χ3n) is 3.12. The van der Waals surface area contributed by atoms with Crippen LogP contribution in [0.4, 0.5) is 5.69 Å². The number of H-pyrrole nitrogens is 1. The second-order valence-electron chi connectivity index (χ2n) is 4.54. The van der Waals surface area contributed by atoms with Crippen LogP contribution in [-0.4, -0.2) is 10.9 Å². The molecule has 104 valence electrons. The Morgan fingerprint density at radius 1 is 1.10 bits per heavy atom. The number of rotatable bonds is 2. The predicted octanol–water partition coefficient (Wildman–Crippen LogP) is 3.43. The number of para-hydroxylation sites is 1. The van der Waals surface area contributed by atoms with Gasteiger partial charge in [-0.1, -0.05) is 29.8 Å². The molecule has 3 rings (SSSR count). The highest BCUT2D eigenvalue weighted by atomic mass is 35.5. The van der Waals surface area contributed by atoms with Crippen LogP contribution in [0.1, 0.15) is 10.4 Å². The van der Waals surface area contributed by atoms with Crippen molar-refractivity contribution in [1.82, 2.24) is 4.98 Å². The Labute approximate surface area is 125 Å². The molecule has 0 saturated carbocycles. The summed E-state index contributed by atoms with van der Waals surface area (Å²) in [5.74, 6) is -0.468. The van der Waals surface area contributed by atoms with Gasteiger partial charge in [-0.15, -0.1) is 0 Å². The molecule has 5 heteroatoms. The van der Waals surface area contributed by atoms with Gasteiger partial charge in [0.05, 0.1) is 0 Å². The number of nitrogens with one attached hydrogen (secondary N) is 2. The molecule has 3 aromatic rings. The quantitative estimate of drug-likeness (QED) is 0.761. The summed E-state index contributed by atoms with van der Waals surface area (Å²) in [5, 5.41) is 3.66. The largest absolute Gasteiger partial charge is 0.360 e. The number of carbonyl (C=O) groups is 1. The number of aromatic amines is 1. The number of anilines is 1. The van der Waals surface area contributed by atoms with Gasteiger partial charge in [-0.2, -0.15) is 0 Å². The van der Waals surface area contributed by atoms with Crippen LogP contribution in [0.25, 0.3) is 10.9 Å². The van der Waals surface area contributed by atoms with Crippen molar-refractivity contribution >= 4 is 34.1 Å². The first kappa shape index (κ1) is 13.4. The summed E-state index contributed by atoms with van der Waals surface area (Å²) >= 11 is 5.86. The number of amides is 1. The van der Waals surface area contributed by atoms with Crippen LogP contribution in [0.3, 0.4) is 0 Å². The topological polar surface area (TPSA) is 62.0 Å². The lowest BCUT2D eigenvalue weighted by Crippen LogP contribution is -2.21. The van der Waals surface area contributed by atoms with Gasteiger partial charge in [0.25, 0.3) is 5.91 Å². The maximum absolute atomic E-state index is 12.3. The van der Waals surface area contributed by atoms with E-state index in [4.69, 9.17) is 11.6 Å². The van der Waals surface area contributed by atoms with E-state index in [0.29, 0.717) is 21.6 Å². The van der Waals surface area contributed by atoms with Crippen LogP contribution in [0, 0.1) is 0 Å². The number of pyridine rings is 1. The van der Waals surface area contributed by atoms with Crippen molar-refractivity contribution in [3.8, 4) is 0 Å². The maximum Gasteiger partial charge on any atom is 0.261 e. The van der Waals surface area contributed by atoms with Crippen LogP contribution >= 0.6 is 11.6 Å². The highest BCUT2D eigenvalue weighted by Crippen LogP contribution is 2.15. The van der Waals surface area contributed by atoms with Gasteiger partial charge in [-0.25, -0.2) is 0 Å². The summed E-state index contributed by atoms with van der Waals surface area (Å²) in [7, 11) is 0. The number of carbonyl (C=O) groups excluding carboxylic acids is 1. The second kappa shape index (κ2) is 5.42. The molecule has 1 heterocycles. The van der Waals surface area contributed by atoms with E-state index in [2.05, 4.69) is 10.3 Å². The molecule has 2 aromatic carbocycles. The fourth-order valence-corrected chi connectivity index (χ4v) is 2.29. The van der Waals surface area contributed by atoms with E-state index in [9.17, 15) is 9.59 Å². The fourth-order valence-electron chi connectivity index (χ4n) is 2.10. The molecule has 4 nitrogen and oxygen atoms in total. The van der Waals surface area contributed by atoms with Crippen LogP contribution in [0.5, 0.6) is 0 Å². The van der Waals surface area contributed by atoms with Gasteiger partial charge in [0, 0.05) is 27.8 Å². The molecule has 0 atom stereocenters. The highest BCUT2D eigenvalue weighted by Gasteiger charge is 2.13. The Morgan fingerprint density at radius 3 is 2.71 bits per heavy atom. The van der Waals surface area contributed by atoms with Crippen LogP contribution in [0.2, 0.25) is 5.02 Å². The van der Waals surface area contributed by atoms with Gasteiger partial charge in [0.15, 0.2) is 0 Å². The normalized spacial score (nSPS) is 10.5. The first-order valence-corrected chi connectivity index (χ1v) is 6.70. The third kappa shape index (κ3) is 2.66. The van der Waals surface area contributed by atoms with Crippen LogP contribution < -0.4 is 10.7 Å². The van der Waals surface area contributed by atoms with Crippen LogP contribution in [0.15, 0.2) is 59.5 Å². The third-order valence-corrected chi connectivity index (χ3v) is 3.35. The molecule has 0 spiro atoms. The summed E-state index contributed by atoms with van der Waals surface area (Å²) in [5.41, 5.74) is 0.999. The minimum absolute atomic E-state index is 0.0636. The van der Waals surface area contributed by atoms with Crippen molar-refractivity contribution in [2.45, 2.75) is 0 Å². The Kier molecular flexibility index (Phi) is 3.46. The number of hydrogen-bond donors (Lipinski definition) is 2. The van der Waals surface area contributed by atoms with Gasteiger partial charge < -0.3 is 10.3 Å². The Morgan fingerprint density at radius 2 is 1.90 bits per heavy atom. The number of halogens is 1. The lowest BCUT2D eigenvalue weighted by molar-refractivity contribution is 0.102. The van der Waals surface area contributed by atoms with E-state index in [0.717, 1.165) is 0 Å². The SMILES string of the molecule is O=C(Nc1cccc(Cl)c1)c1c[nH]c2ccccc2c1=O. The molecular weight excluding hydrogens is 288 g/mol. The molecular formula is C16H11ClN2O2. The average Bonchev–Trinajstić information content (AvgIpc) is 2.48. The summed E-state index contributed by atoms with van der Waals surface area (Å²) in [6.45, 7) is 0. The molecule has 0 aliphatic carbocycles. The lowest BCUT2D eigenvalue weighted by Gasteiger charge is -2.06. The smallest absolute Gasteiger partial charge is 0.261 e. The summed E-state index contributed by atoms with van der Waals surface area (Å²) in [6, 6.07) is 13.8. The summed E-state index contributed by atoms with van der Waals surface area (Å²) in [6.07, 6.45) is 1.42. The van der Waals surface area contributed by atoms with Gasteiger partial charge in [-0.3, -0.25) is 9.59 Å². The minimum atomic E-state index is -0.468. The van der Waals surface area contributed by atoms with Gasteiger partial charge in [-0.05, 0) is 30.3 Å². The number of fused-ring (bicyclic) bond motifs is 1. The first-order valence-electron chi connectivity index (χ1n) is 6.32. The summed E-state index contributed by atoms with van der Waals surface area (Å²) < 4.78 is 0. The molecule has 0 aliphatic heterocycles. The van der Waals surface area contributed by atoms with E-state index in [1.54, 1.807) is 42.5 Å². The van der Waals surface area contributed by atoms with Gasteiger partial charge in [0.1, 0.15) is 5.56 Å². The maximum atomic E-state index is 12.3. The average molecular weight is 299 g/mol. The molecule has 0 unspecified atom stereocenters. The zero-order valence-electron chi connectivity index (χ0n) is 10.9. The van der Waals surface area contributed by atoms with Crippen molar-refractivity contribution in [3.63, 3.8) is 0 Å². The Hall–Kier alpha value is -2.59. The van der Waals surface area contributed by atoms with Gasteiger partial charge in [0.2, 0.25) is 5.43 Å². The van der Waals surface area contributed by atoms with E-state index < -0.39 is 5.91 Å². The van der Waals surface area contributed by atoms with Crippen molar-refractivity contribution in [1.29, 1.82) is 0 Å².